The first-order chi connectivity index (χ1) is 10.9. The van der Waals surface area contributed by atoms with E-state index < -0.39 is 11.5 Å². The van der Waals surface area contributed by atoms with Gasteiger partial charge in [-0.15, -0.1) is 0 Å². The van der Waals surface area contributed by atoms with E-state index in [4.69, 9.17) is 16.3 Å². The first kappa shape index (κ1) is 17.8. The maximum Gasteiger partial charge on any atom is 0.334 e. The van der Waals surface area contributed by atoms with Gasteiger partial charge >= 0.3 is 5.97 Å². The molecule has 23 heavy (non-hydrogen) atoms. The third-order valence-electron chi connectivity index (χ3n) is 4.52. The number of aliphatic carboxylic acids is 1. The van der Waals surface area contributed by atoms with Crippen LogP contribution in [0.25, 0.3) is 0 Å². The molecular formula is C17H22ClNO4. The standard InChI is InChI=1S/C17H22ClNO4/c1-3-14-13(9-10-23-14)15(20)19-17(4-2,16(21)22)11-5-7-12(18)8-6-11/h5-8,13-14H,3-4,9-10H2,1-2H3,(H,19,20)(H,21,22)/t13-,14+,17?/m1/s1. The van der Waals surface area contributed by atoms with E-state index in [9.17, 15) is 14.7 Å². The summed E-state index contributed by atoms with van der Waals surface area (Å²) >= 11 is 5.88. The van der Waals surface area contributed by atoms with Gasteiger partial charge in [-0.05, 0) is 37.0 Å². The molecule has 3 atom stereocenters. The Hall–Kier alpha value is -1.59. The molecule has 1 unspecified atom stereocenters. The van der Waals surface area contributed by atoms with Gasteiger partial charge in [-0.2, -0.15) is 0 Å². The van der Waals surface area contributed by atoms with Gasteiger partial charge in [-0.1, -0.05) is 37.6 Å². The summed E-state index contributed by atoms with van der Waals surface area (Å²) < 4.78 is 5.54. The number of hydrogen-bond acceptors (Lipinski definition) is 3. The number of carbonyl (C=O) groups excluding carboxylic acids is 1. The molecule has 5 nitrogen and oxygen atoms in total. The molecule has 1 aromatic rings. The molecule has 0 spiro atoms. The molecule has 1 fully saturated rings. The van der Waals surface area contributed by atoms with Gasteiger partial charge in [0.15, 0.2) is 5.54 Å². The van der Waals surface area contributed by atoms with Crippen LogP contribution in [-0.4, -0.2) is 29.7 Å². The minimum atomic E-state index is -1.46. The number of carbonyl (C=O) groups is 2. The summed E-state index contributed by atoms with van der Waals surface area (Å²) in [6, 6.07) is 6.54. The summed E-state index contributed by atoms with van der Waals surface area (Å²) in [7, 11) is 0. The van der Waals surface area contributed by atoms with Crippen molar-refractivity contribution in [2.75, 3.05) is 6.61 Å². The second-order valence-corrected chi connectivity index (χ2v) is 6.21. The number of amides is 1. The number of rotatable bonds is 6. The number of carboxylic acids is 1. The van der Waals surface area contributed by atoms with E-state index in [0.29, 0.717) is 23.6 Å². The highest BCUT2D eigenvalue weighted by molar-refractivity contribution is 6.30. The molecule has 2 N–H and O–H groups in total. The molecule has 2 rings (SSSR count). The Bertz CT molecular complexity index is 574. The second kappa shape index (κ2) is 7.32. The number of benzene rings is 1. The molecule has 1 saturated heterocycles. The lowest BCUT2D eigenvalue weighted by atomic mass is 9.86. The van der Waals surface area contributed by atoms with Crippen molar-refractivity contribution in [2.45, 2.75) is 44.8 Å². The largest absolute Gasteiger partial charge is 0.479 e. The Kier molecular flexibility index (Phi) is 5.65. The Morgan fingerprint density at radius 3 is 2.52 bits per heavy atom. The highest BCUT2D eigenvalue weighted by Gasteiger charge is 2.43. The molecule has 1 aliphatic heterocycles. The molecule has 1 heterocycles. The van der Waals surface area contributed by atoms with Crippen LogP contribution < -0.4 is 5.32 Å². The van der Waals surface area contributed by atoms with Crippen LogP contribution in [0.1, 0.15) is 38.7 Å². The highest BCUT2D eigenvalue weighted by atomic mass is 35.5. The Balaban J connectivity index is 2.30. The maximum absolute atomic E-state index is 12.7. The molecular weight excluding hydrogens is 318 g/mol. The first-order valence-electron chi connectivity index (χ1n) is 7.87. The highest BCUT2D eigenvalue weighted by Crippen LogP contribution is 2.30. The summed E-state index contributed by atoms with van der Waals surface area (Å²) in [6.45, 7) is 4.23. The van der Waals surface area contributed by atoms with Gasteiger partial charge in [0.25, 0.3) is 0 Å². The quantitative estimate of drug-likeness (QED) is 0.835. The fourth-order valence-corrected chi connectivity index (χ4v) is 3.21. The topological polar surface area (TPSA) is 75.6 Å². The summed E-state index contributed by atoms with van der Waals surface area (Å²) in [6.07, 6.45) is 1.43. The Morgan fingerprint density at radius 1 is 1.35 bits per heavy atom. The predicted octanol–water partition coefficient (Wildman–Crippen LogP) is 2.96. The van der Waals surface area contributed by atoms with Gasteiger partial charge in [0.1, 0.15) is 0 Å². The summed E-state index contributed by atoms with van der Waals surface area (Å²) in [4.78, 5) is 24.6. The predicted molar refractivity (Wildman–Crippen MR) is 87.3 cm³/mol. The Morgan fingerprint density at radius 2 is 2.00 bits per heavy atom. The maximum atomic E-state index is 12.7. The van der Waals surface area contributed by atoms with E-state index in [0.717, 1.165) is 6.42 Å². The van der Waals surface area contributed by atoms with Crippen molar-refractivity contribution in [3.8, 4) is 0 Å². The number of hydrogen-bond donors (Lipinski definition) is 2. The van der Waals surface area contributed by atoms with Crippen LogP contribution in [-0.2, 0) is 19.9 Å². The lowest BCUT2D eigenvalue weighted by Gasteiger charge is -2.32. The van der Waals surface area contributed by atoms with E-state index in [1.807, 2.05) is 6.92 Å². The van der Waals surface area contributed by atoms with Crippen LogP contribution in [0.3, 0.4) is 0 Å². The van der Waals surface area contributed by atoms with Crippen molar-refractivity contribution in [1.29, 1.82) is 0 Å². The van der Waals surface area contributed by atoms with Crippen LogP contribution in [0, 0.1) is 5.92 Å². The summed E-state index contributed by atoms with van der Waals surface area (Å²) in [5.74, 6) is -1.66. The van der Waals surface area contributed by atoms with Gasteiger partial charge in [0.05, 0.1) is 12.0 Å². The van der Waals surface area contributed by atoms with Gasteiger partial charge in [0, 0.05) is 11.6 Å². The average Bonchev–Trinajstić information content (AvgIpc) is 3.02. The van der Waals surface area contributed by atoms with Crippen molar-refractivity contribution >= 4 is 23.5 Å². The van der Waals surface area contributed by atoms with Crippen LogP contribution >= 0.6 is 11.6 Å². The van der Waals surface area contributed by atoms with E-state index in [2.05, 4.69) is 5.32 Å². The van der Waals surface area contributed by atoms with E-state index in [-0.39, 0.29) is 24.3 Å². The lowest BCUT2D eigenvalue weighted by Crippen LogP contribution is -2.53. The molecule has 0 saturated carbocycles. The molecule has 0 bridgehead atoms. The van der Waals surface area contributed by atoms with Gasteiger partial charge in [-0.25, -0.2) is 4.79 Å². The van der Waals surface area contributed by atoms with Gasteiger partial charge in [0.2, 0.25) is 5.91 Å². The molecule has 0 radical (unpaired) electrons. The third-order valence-corrected chi connectivity index (χ3v) is 4.77. The number of carboxylic acid groups (broad SMARTS) is 1. The smallest absolute Gasteiger partial charge is 0.334 e. The van der Waals surface area contributed by atoms with Crippen molar-refractivity contribution in [1.82, 2.24) is 5.32 Å². The van der Waals surface area contributed by atoms with E-state index in [1.165, 1.54) is 0 Å². The second-order valence-electron chi connectivity index (χ2n) is 5.77. The van der Waals surface area contributed by atoms with Crippen LogP contribution in [0.5, 0.6) is 0 Å². The van der Waals surface area contributed by atoms with Crippen molar-refractivity contribution < 1.29 is 19.4 Å². The zero-order valence-corrected chi connectivity index (χ0v) is 14.1. The Labute approximate surface area is 141 Å². The van der Waals surface area contributed by atoms with Crippen molar-refractivity contribution in [3.63, 3.8) is 0 Å². The van der Waals surface area contributed by atoms with Crippen LogP contribution in [0.15, 0.2) is 24.3 Å². The molecule has 6 heteroatoms. The van der Waals surface area contributed by atoms with Gasteiger partial charge < -0.3 is 15.2 Å². The van der Waals surface area contributed by atoms with Crippen molar-refractivity contribution in [2.24, 2.45) is 5.92 Å². The SMILES string of the molecule is CC[C@@H]1OCC[C@H]1C(=O)NC(CC)(C(=O)O)c1ccc(Cl)cc1. The zero-order valence-electron chi connectivity index (χ0n) is 13.3. The minimum Gasteiger partial charge on any atom is -0.479 e. The molecule has 1 aliphatic rings. The van der Waals surface area contributed by atoms with Crippen molar-refractivity contribution in [3.05, 3.63) is 34.9 Å². The minimum absolute atomic E-state index is 0.149. The molecule has 126 valence electrons. The third kappa shape index (κ3) is 3.51. The van der Waals surface area contributed by atoms with E-state index >= 15 is 0 Å². The fraction of sp³-hybridized carbons (Fsp3) is 0.529. The molecule has 1 aromatic carbocycles. The normalized spacial score (nSPS) is 23.3. The van der Waals surface area contributed by atoms with Gasteiger partial charge in [-0.3, -0.25) is 4.79 Å². The first-order valence-corrected chi connectivity index (χ1v) is 8.25. The summed E-state index contributed by atoms with van der Waals surface area (Å²) in [5, 5.41) is 13.1. The van der Waals surface area contributed by atoms with Crippen LogP contribution in [0.4, 0.5) is 0 Å². The van der Waals surface area contributed by atoms with E-state index in [1.54, 1.807) is 31.2 Å². The lowest BCUT2D eigenvalue weighted by molar-refractivity contribution is -0.149. The molecule has 0 aliphatic carbocycles. The number of nitrogens with one attached hydrogen (secondary N) is 1. The average molecular weight is 340 g/mol. The molecule has 0 aromatic heterocycles. The molecule has 1 amide bonds. The number of ether oxygens (including phenoxy) is 1. The fourth-order valence-electron chi connectivity index (χ4n) is 3.08. The monoisotopic (exact) mass is 339 g/mol. The zero-order chi connectivity index (χ0) is 17.0. The number of halogens is 1. The summed E-state index contributed by atoms with van der Waals surface area (Å²) in [5.41, 5.74) is -0.944. The van der Waals surface area contributed by atoms with Crippen LogP contribution in [0.2, 0.25) is 5.02 Å².